The molecule has 22 heavy (non-hydrogen) atoms. The van der Waals surface area contributed by atoms with Crippen molar-refractivity contribution < 1.29 is 0 Å². The van der Waals surface area contributed by atoms with Crippen LogP contribution in [-0.2, 0) is 6.54 Å². The van der Waals surface area contributed by atoms with E-state index in [1.54, 1.807) is 17.0 Å². The quantitative estimate of drug-likeness (QED) is 0.818. The zero-order chi connectivity index (χ0) is 15.7. The Balaban J connectivity index is 1.99. The van der Waals surface area contributed by atoms with Gasteiger partial charge in [0.15, 0.2) is 0 Å². The Morgan fingerprint density at radius 1 is 0.955 bits per heavy atom. The molecule has 4 nitrogen and oxygen atoms in total. The highest BCUT2D eigenvalue weighted by Gasteiger charge is 2.17. The van der Waals surface area contributed by atoms with E-state index in [1.165, 1.54) is 17.4 Å². The molecule has 0 amide bonds. The van der Waals surface area contributed by atoms with Gasteiger partial charge in [-0.15, -0.1) is 0 Å². The first kappa shape index (κ1) is 14.8. The minimum absolute atomic E-state index is 0.423. The van der Waals surface area contributed by atoms with Crippen LogP contribution in [0.4, 0.5) is 0 Å². The highest BCUT2D eigenvalue weighted by atomic mass is 16.2. The van der Waals surface area contributed by atoms with Gasteiger partial charge in [-0.25, -0.2) is 0 Å². The molecule has 0 aliphatic heterocycles. The molecule has 0 unspecified atom stereocenters. The van der Waals surface area contributed by atoms with Gasteiger partial charge in [-0.3, -0.25) is 14.2 Å². The minimum atomic E-state index is -0.467. The van der Waals surface area contributed by atoms with Crippen LogP contribution in [-0.4, -0.2) is 9.13 Å². The number of aromatic nitrogens is 2. The van der Waals surface area contributed by atoms with Crippen LogP contribution in [0.25, 0.3) is 5.69 Å². The van der Waals surface area contributed by atoms with Crippen molar-refractivity contribution in [1.29, 1.82) is 0 Å². The number of hydrogen-bond donors (Lipinski definition) is 0. The van der Waals surface area contributed by atoms with Crippen molar-refractivity contribution in [1.82, 2.24) is 9.13 Å². The third-order valence-electron chi connectivity index (χ3n) is 4.47. The molecule has 0 spiro atoms. The third kappa shape index (κ3) is 2.91. The maximum absolute atomic E-state index is 12.4. The molecule has 0 N–H and O–H groups in total. The molecule has 3 rings (SSSR count). The number of aryl methyl sites for hydroxylation is 2. The van der Waals surface area contributed by atoms with Gasteiger partial charge in [0.1, 0.15) is 0 Å². The Morgan fingerprint density at radius 2 is 1.59 bits per heavy atom. The summed E-state index contributed by atoms with van der Waals surface area (Å²) < 4.78 is 3.03. The summed E-state index contributed by atoms with van der Waals surface area (Å²) in [5, 5.41) is 0. The van der Waals surface area contributed by atoms with Crippen molar-refractivity contribution in [3.8, 4) is 5.69 Å². The van der Waals surface area contributed by atoms with Crippen LogP contribution in [0, 0.1) is 19.8 Å². The molecule has 4 heteroatoms. The van der Waals surface area contributed by atoms with Gasteiger partial charge in [-0.2, -0.15) is 0 Å². The summed E-state index contributed by atoms with van der Waals surface area (Å²) in [4.78, 5) is 24.8. The van der Waals surface area contributed by atoms with E-state index in [0.717, 1.165) is 29.7 Å². The van der Waals surface area contributed by atoms with Gasteiger partial charge in [-0.1, -0.05) is 18.9 Å². The van der Waals surface area contributed by atoms with Crippen molar-refractivity contribution in [2.45, 2.75) is 46.1 Å². The molecule has 1 aromatic heterocycles. The minimum Gasteiger partial charge on any atom is -0.309 e. The maximum Gasteiger partial charge on any atom is 0.320 e. The molecule has 1 saturated carbocycles. The zero-order valence-corrected chi connectivity index (χ0v) is 13.2. The summed E-state index contributed by atoms with van der Waals surface area (Å²) in [5.74, 6) is 0.536. The smallest absolute Gasteiger partial charge is 0.309 e. The standard InChI is InChI=1S/C18H22N2O2/c1-13-9-14(2)11-16(10-13)20-8-7-19(17(21)18(20)22)12-15-5-3-4-6-15/h7-11,15H,3-6,12H2,1-2H3. The van der Waals surface area contributed by atoms with E-state index in [2.05, 4.69) is 6.07 Å². The molecule has 0 radical (unpaired) electrons. The van der Waals surface area contributed by atoms with Gasteiger partial charge in [-0.05, 0) is 55.9 Å². The fourth-order valence-electron chi connectivity index (χ4n) is 3.42. The lowest BCUT2D eigenvalue weighted by Gasteiger charge is -2.13. The molecule has 1 aliphatic carbocycles. The van der Waals surface area contributed by atoms with E-state index in [0.29, 0.717) is 12.5 Å². The predicted molar refractivity (Wildman–Crippen MR) is 87.7 cm³/mol. The average Bonchev–Trinajstić information content (AvgIpc) is 2.96. The predicted octanol–water partition coefficient (Wildman–Crippen LogP) is 2.81. The lowest BCUT2D eigenvalue weighted by Crippen LogP contribution is -2.40. The fraction of sp³-hybridized carbons (Fsp3) is 0.444. The molecule has 0 saturated heterocycles. The van der Waals surface area contributed by atoms with Gasteiger partial charge >= 0.3 is 11.1 Å². The molecule has 0 bridgehead atoms. The summed E-state index contributed by atoms with van der Waals surface area (Å²) in [6.07, 6.45) is 8.25. The van der Waals surface area contributed by atoms with Crippen molar-refractivity contribution >= 4 is 0 Å². The second-order valence-electron chi connectivity index (χ2n) is 6.43. The first-order valence-corrected chi connectivity index (χ1v) is 7.95. The van der Waals surface area contributed by atoms with Gasteiger partial charge in [0, 0.05) is 24.6 Å². The van der Waals surface area contributed by atoms with Crippen LogP contribution in [0.2, 0.25) is 0 Å². The summed E-state index contributed by atoms with van der Waals surface area (Å²) >= 11 is 0. The topological polar surface area (TPSA) is 44.0 Å². The lowest BCUT2D eigenvalue weighted by atomic mass is 10.1. The Labute approximate surface area is 130 Å². The molecule has 1 aliphatic rings. The first-order chi connectivity index (χ1) is 10.5. The fourth-order valence-corrected chi connectivity index (χ4v) is 3.42. The molecule has 116 valence electrons. The summed E-state index contributed by atoms with van der Waals surface area (Å²) in [6, 6.07) is 5.90. The van der Waals surface area contributed by atoms with E-state index in [-0.39, 0.29) is 0 Å². The van der Waals surface area contributed by atoms with Crippen LogP contribution in [0.3, 0.4) is 0 Å². The second-order valence-corrected chi connectivity index (χ2v) is 6.43. The Kier molecular flexibility index (Phi) is 4.01. The Hall–Kier alpha value is -2.10. The molecule has 1 fully saturated rings. The normalized spacial score (nSPS) is 15.4. The molecule has 0 atom stereocenters. The number of hydrogen-bond acceptors (Lipinski definition) is 2. The van der Waals surface area contributed by atoms with E-state index in [4.69, 9.17) is 0 Å². The number of benzene rings is 1. The summed E-state index contributed by atoms with van der Waals surface area (Å²) in [7, 11) is 0. The number of rotatable bonds is 3. The van der Waals surface area contributed by atoms with Crippen LogP contribution >= 0.6 is 0 Å². The van der Waals surface area contributed by atoms with Crippen LogP contribution < -0.4 is 11.1 Å². The molecule has 1 aromatic carbocycles. The molecular weight excluding hydrogens is 276 g/mol. The molecular formula is C18H22N2O2. The van der Waals surface area contributed by atoms with E-state index in [9.17, 15) is 9.59 Å². The zero-order valence-electron chi connectivity index (χ0n) is 13.2. The lowest BCUT2D eigenvalue weighted by molar-refractivity contribution is 0.445. The second kappa shape index (κ2) is 5.95. The van der Waals surface area contributed by atoms with Gasteiger partial charge in [0.2, 0.25) is 0 Å². The van der Waals surface area contributed by atoms with Crippen LogP contribution in [0.1, 0.15) is 36.8 Å². The first-order valence-electron chi connectivity index (χ1n) is 7.95. The van der Waals surface area contributed by atoms with Crippen molar-refractivity contribution in [3.63, 3.8) is 0 Å². The van der Waals surface area contributed by atoms with Gasteiger partial charge < -0.3 is 4.57 Å². The largest absolute Gasteiger partial charge is 0.320 e. The Morgan fingerprint density at radius 3 is 2.23 bits per heavy atom. The van der Waals surface area contributed by atoms with Crippen molar-refractivity contribution in [3.05, 3.63) is 62.4 Å². The third-order valence-corrected chi connectivity index (χ3v) is 4.47. The van der Waals surface area contributed by atoms with Gasteiger partial charge in [0.25, 0.3) is 0 Å². The van der Waals surface area contributed by atoms with Crippen LogP contribution in [0.15, 0.2) is 40.2 Å². The van der Waals surface area contributed by atoms with Gasteiger partial charge in [0.05, 0.1) is 0 Å². The Bertz CT molecular complexity index is 775. The molecule has 2 aromatic rings. The van der Waals surface area contributed by atoms with Crippen LogP contribution in [0.5, 0.6) is 0 Å². The summed E-state index contributed by atoms with van der Waals surface area (Å²) in [6.45, 7) is 4.65. The van der Waals surface area contributed by atoms with E-state index >= 15 is 0 Å². The highest BCUT2D eigenvalue weighted by molar-refractivity contribution is 5.39. The molecule has 1 heterocycles. The number of nitrogens with zero attached hydrogens (tertiary/aromatic N) is 2. The van der Waals surface area contributed by atoms with E-state index in [1.807, 2.05) is 26.0 Å². The highest BCUT2D eigenvalue weighted by Crippen LogP contribution is 2.25. The van der Waals surface area contributed by atoms with Crippen molar-refractivity contribution in [2.24, 2.45) is 5.92 Å². The summed E-state index contributed by atoms with van der Waals surface area (Å²) in [5.41, 5.74) is 2.03. The monoisotopic (exact) mass is 298 g/mol. The van der Waals surface area contributed by atoms with Crippen molar-refractivity contribution in [2.75, 3.05) is 0 Å². The average molecular weight is 298 g/mol. The van der Waals surface area contributed by atoms with E-state index < -0.39 is 11.1 Å². The SMILES string of the molecule is Cc1cc(C)cc(-n2ccn(CC3CCCC3)c(=O)c2=O)c1. The maximum atomic E-state index is 12.4.